The molecule has 2 saturated heterocycles. The van der Waals surface area contributed by atoms with Gasteiger partial charge in [0.1, 0.15) is 5.69 Å². The molecule has 2 aliphatic heterocycles. The van der Waals surface area contributed by atoms with Gasteiger partial charge >= 0.3 is 0 Å². The topological polar surface area (TPSA) is 58.9 Å². The predicted octanol–water partition coefficient (Wildman–Crippen LogP) is 2.52. The van der Waals surface area contributed by atoms with Crippen LogP contribution in [0.25, 0.3) is 0 Å². The van der Waals surface area contributed by atoms with Crippen molar-refractivity contribution in [3.8, 4) is 0 Å². The Morgan fingerprint density at radius 3 is 2.82 bits per heavy atom. The highest BCUT2D eigenvalue weighted by Gasteiger charge is 2.29. The van der Waals surface area contributed by atoms with E-state index in [1.165, 1.54) is 0 Å². The number of anilines is 1. The lowest BCUT2D eigenvalue weighted by Gasteiger charge is -2.29. The molecule has 0 bridgehead atoms. The Bertz CT molecular complexity index is 549. The number of hydrogen-bond acceptors (Lipinski definition) is 5. The van der Waals surface area contributed by atoms with Gasteiger partial charge < -0.3 is 9.64 Å². The van der Waals surface area contributed by atoms with Crippen LogP contribution in [0.15, 0.2) is 22.7 Å². The van der Waals surface area contributed by atoms with Gasteiger partial charge in [-0.1, -0.05) is 15.9 Å². The van der Waals surface area contributed by atoms with Crippen molar-refractivity contribution in [3.05, 3.63) is 32.8 Å². The molecular formula is C15H20BrN3O3. The summed E-state index contributed by atoms with van der Waals surface area (Å²) in [6, 6.07) is 5.16. The van der Waals surface area contributed by atoms with Crippen molar-refractivity contribution in [1.29, 1.82) is 0 Å². The molecule has 1 aromatic carbocycles. The highest BCUT2D eigenvalue weighted by molar-refractivity contribution is 9.10. The third-order valence-electron chi connectivity index (χ3n) is 4.38. The van der Waals surface area contributed by atoms with Crippen LogP contribution in [0.5, 0.6) is 0 Å². The summed E-state index contributed by atoms with van der Waals surface area (Å²) in [5.41, 5.74) is 0.916. The van der Waals surface area contributed by atoms with Crippen LogP contribution in [0.1, 0.15) is 6.42 Å². The smallest absolute Gasteiger partial charge is 0.292 e. The zero-order valence-electron chi connectivity index (χ0n) is 12.4. The van der Waals surface area contributed by atoms with Crippen molar-refractivity contribution in [3.63, 3.8) is 0 Å². The van der Waals surface area contributed by atoms with E-state index in [-0.39, 0.29) is 10.6 Å². The lowest BCUT2D eigenvalue weighted by Crippen LogP contribution is -2.39. The first-order chi connectivity index (χ1) is 10.6. The van der Waals surface area contributed by atoms with Gasteiger partial charge in [0, 0.05) is 43.3 Å². The molecule has 0 aliphatic carbocycles. The third-order valence-corrected chi connectivity index (χ3v) is 4.87. The van der Waals surface area contributed by atoms with Crippen LogP contribution in [0, 0.1) is 16.0 Å². The fourth-order valence-corrected chi connectivity index (χ4v) is 3.60. The van der Waals surface area contributed by atoms with Gasteiger partial charge in [-0.25, -0.2) is 0 Å². The van der Waals surface area contributed by atoms with Crippen LogP contribution < -0.4 is 4.90 Å². The summed E-state index contributed by atoms with van der Waals surface area (Å²) in [4.78, 5) is 15.5. The van der Waals surface area contributed by atoms with Crippen molar-refractivity contribution < 1.29 is 9.66 Å². The number of nitrogens with zero attached hydrogens (tertiary/aromatic N) is 3. The minimum Gasteiger partial charge on any atom is -0.379 e. The molecule has 1 atom stereocenters. The maximum Gasteiger partial charge on any atom is 0.292 e. The maximum absolute atomic E-state index is 11.2. The van der Waals surface area contributed by atoms with Crippen molar-refractivity contribution >= 4 is 27.3 Å². The Balaban J connectivity index is 1.67. The molecule has 0 spiro atoms. The van der Waals surface area contributed by atoms with Gasteiger partial charge in [0.25, 0.3) is 5.69 Å². The first kappa shape index (κ1) is 15.7. The average Bonchev–Trinajstić information content (AvgIpc) is 2.96. The Kier molecular flexibility index (Phi) is 4.95. The predicted molar refractivity (Wildman–Crippen MR) is 88.4 cm³/mol. The lowest BCUT2D eigenvalue weighted by molar-refractivity contribution is -0.384. The first-order valence-electron chi connectivity index (χ1n) is 7.62. The van der Waals surface area contributed by atoms with E-state index in [9.17, 15) is 10.1 Å². The highest BCUT2D eigenvalue weighted by atomic mass is 79.9. The highest BCUT2D eigenvalue weighted by Crippen LogP contribution is 2.34. The Hall–Kier alpha value is -1.18. The molecule has 0 N–H and O–H groups in total. The molecule has 6 nitrogen and oxygen atoms in total. The molecule has 3 rings (SSSR count). The van der Waals surface area contributed by atoms with Gasteiger partial charge in [-0.2, -0.15) is 0 Å². The van der Waals surface area contributed by atoms with E-state index < -0.39 is 0 Å². The molecule has 0 aromatic heterocycles. The summed E-state index contributed by atoms with van der Waals surface area (Å²) in [5.74, 6) is 0.566. The van der Waals surface area contributed by atoms with E-state index in [2.05, 4.69) is 25.7 Å². The number of halogens is 1. The van der Waals surface area contributed by atoms with E-state index in [0.717, 1.165) is 62.5 Å². The molecule has 0 amide bonds. The first-order valence-corrected chi connectivity index (χ1v) is 8.42. The minimum atomic E-state index is -0.295. The second kappa shape index (κ2) is 6.93. The molecule has 0 saturated carbocycles. The molecule has 120 valence electrons. The monoisotopic (exact) mass is 369 g/mol. The van der Waals surface area contributed by atoms with Crippen molar-refractivity contribution in [2.75, 3.05) is 50.8 Å². The molecule has 2 aliphatic rings. The van der Waals surface area contributed by atoms with E-state index in [1.54, 1.807) is 12.1 Å². The van der Waals surface area contributed by atoms with E-state index in [0.29, 0.717) is 5.92 Å². The van der Waals surface area contributed by atoms with Gasteiger partial charge in [0.2, 0.25) is 0 Å². The normalized spacial score (nSPS) is 23.0. The van der Waals surface area contributed by atoms with Crippen LogP contribution in [0.2, 0.25) is 0 Å². The summed E-state index contributed by atoms with van der Waals surface area (Å²) >= 11 is 3.42. The van der Waals surface area contributed by atoms with E-state index in [1.807, 2.05) is 6.07 Å². The second-order valence-electron chi connectivity index (χ2n) is 5.90. The molecule has 7 heteroatoms. The van der Waals surface area contributed by atoms with E-state index in [4.69, 9.17) is 4.74 Å². The van der Waals surface area contributed by atoms with Crippen LogP contribution in [-0.2, 0) is 4.74 Å². The lowest BCUT2D eigenvalue weighted by atomic mass is 10.1. The largest absolute Gasteiger partial charge is 0.379 e. The van der Waals surface area contributed by atoms with Crippen LogP contribution in [0.3, 0.4) is 0 Å². The van der Waals surface area contributed by atoms with Crippen LogP contribution >= 0.6 is 15.9 Å². The molecule has 1 aromatic rings. The van der Waals surface area contributed by atoms with Crippen LogP contribution in [0.4, 0.5) is 11.4 Å². The quantitative estimate of drug-likeness (QED) is 0.602. The van der Waals surface area contributed by atoms with Crippen molar-refractivity contribution in [2.45, 2.75) is 6.42 Å². The number of morpholine rings is 1. The minimum absolute atomic E-state index is 0.190. The molecule has 2 fully saturated rings. The summed E-state index contributed by atoms with van der Waals surface area (Å²) in [6.07, 6.45) is 1.08. The van der Waals surface area contributed by atoms with Crippen LogP contribution in [-0.4, -0.2) is 55.8 Å². The summed E-state index contributed by atoms with van der Waals surface area (Å²) in [7, 11) is 0. The van der Waals surface area contributed by atoms with Gasteiger partial charge in [0.05, 0.1) is 18.1 Å². The molecule has 1 unspecified atom stereocenters. The fourth-order valence-electron chi connectivity index (χ4n) is 3.25. The van der Waals surface area contributed by atoms with Crippen molar-refractivity contribution in [1.82, 2.24) is 4.90 Å². The van der Waals surface area contributed by atoms with Crippen molar-refractivity contribution in [2.24, 2.45) is 5.92 Å². The SMILES string of the molecule is O=[N+]([O-])c1ccc(Br)cc1N1CCC(CN2CCOCC2)C1. The summed E-state index contributed by atoms with van der Waals surface area (Å²) in [6.45, 7) is 6.44. The van der Waals surface area contributed by atoms with Gasteiger partial charge in [-0.3, -0.25) is 15.0 Å². The molecular weight excluding hydrogens is 350 g/mol. The Morgan fingerprint density at radius 1 is 1.32 bits per heavy atom. The zero-order valence-corrected chi connectivity index (χ0v) is 14.0. The Morgan fingerprint density at radius 2 is 2.09 bits per heavy atom. The van der Waals surface area contributed by atoms with Gasteiger partial charge in [-0.05, 0) is 24.5 Å². The standard InChI is InChI=1S/C15H20BrN3O3/c16-13-1-2-14(19(20)21)15(9-13)18-4-3-12(11-18)10-17-5-7-22-8-6-17/h1-2,9,12H,3-8,10-11H2. The number of rotatable bonds is 4. The number of nitro benzene ring substituents is 1. The fraction of sp³-hybridized carbons (Fsp3) is 0.600. The Labute approximate surface area is 138 Å². The number of nitro groups is 1. The molecule has 0 radical (unpaired) electrons. The second-order valence-corrected chi connectivity index (χ2v) is 6.82. The maximum atomic E-state index is 11.2. The third kappa shape index (κ3) is 3.59. The number of ether oxygens (including phenoxy) is 1. The average molecular weight is 370 g/mol. The number of benzene rings is 1. The van der Waals surface area contributed by atoms with E-state index >= 15 is 0 Å². The zero-order chi connectivity index (χ0) is 15.5. The van der Waals surface area contributed by atoms with Gasteiger partial charge in [-0.15, -0.1) is 0 Å². The molecule has 22 heavy (non-hydrogen) atoms. The number of hydrogen-bond donors (Lipinski definition) is 0. The molecule has 2 heterocycles. The van der Waals surface area contributed by atoms with Gasteiger partial charge in [0.15, 0.2) is 0 Å². The summed E-state index contributed by atoms with van der Waals surface area (Å²) in [5, 5.41) is 11.2. The summed E-state index contributed by atoms with van der Waals surface area (Å²) < 4.78 is 6.26.